The van der Waals surface area contributed by atoms with Gasteiger partial charge < -0.3 is 9.47 Å². The Labute approximate surface area is 120 Å². The molecule has 7 nitrogen and oxygen atoms in total. The summed E-state index contributed by atoms with van der Waals surface area (Å²) in [6.45, 7) is 0.110. The molecule has 2 aromatic rings. The van der Waals surface area contributed by atoms with Crippen LogP contribution in [0.3, 0.4) is 0 Å². The Balaban J connectivity index is 2.26. The van der Waals surface area contributed by atoms with Gasteiger partial charge in [0.2, 0.25) is 0 Å². The number of pyridine rings is 1. The molecule has 0 saturated heterocycles. The lowest BCUT2D eigenvalue weighted by atomic mass is 10.2. The lowest BCUT2D eigenvalue weighted by Crippen LogP contribution is -2.04. The Morgan fingerprint density at radius 1 is 1.38 bits per heavy atom. The summed E-state index contributed by atoms with van der Waals surface area (Å²) in [6, 6.07) is 7.34. The van der Waals surface area contributed by atoms with E-state index < -0.39 is 10.9 Å². The van der Waals surface area contributed by atoms with Crippen molar-refractivity contribution in [3.8, 4) is 5.75 Å². The van der Waals surface area contributed by atoms with Gasteiger partial charge in [0.1, 0.15) is 6.61 Å². The minimum atomic E-state index is -0.587. The van der Waals surface area contributed by atoms with Gasteiger partial charge in [0.05, 0.1) is 17.6 Å². The second-order valence-electron chi connectivity index (χ2n) is 4.08. The highest BCUT2D eigenvalue weighted by Gasteiger charge is 2.18. The Morgan fingerprint density at radius 3 is 2.81 bits per heavy atom. The average molecular weight is 288 g/mol. The number of nitrogens with zero attached hydrogens (tertiary/aromatic N) is 2. The van der Waals surface area contributed by atoms with Gasteiger partial charge in [-0.2, -0.15) is 0 Å². The fraction of sp³-hybridized carbons (Fsp3) is 0.143. The van der Waals surface area contributed by atoms with Crippen molar-refractivity contribution < 1.29 is 19.2 Å². The van der Waals surface area contributed by atoms with Gasteiger partial charge in [-0.15, -0.1) is 0 Å². The summed E-state index contributed by atoms with van der Waals surface area (Å²) in [4.78, 5) is 25.8. The Morgan fingerprint density at radius 2 is 2.19 bits per heavy atom. The molecule has 1 aromatic carbocycles. The number of benzene rings is 1. The first-order valence-corrected chi connectivity index (χ1v) is 6.00. The average Bonchev–Trinajstić information content (AvgIpc) is 2.52. The van der Waals surface area contributed by atoms with E-state index in [-0.39, 0.29) is 23.6 Å². The number of hydrogen-bond acceptors (Lipinski definition) is 6. The first-order chi connectivity index (χ1) is 10.1. The molecule has 0 N–H and O–H groups in total. The lowest BCUT2D eigenvalue weighted by Gasteiger charge is -2.08. The molecule has 0 aliphatic rings. The summed E-state index contributed by atoms with van der Waals surface area (Å²) < 4.78 is 10.0. The molecule has 0 bridgehead atoms. The number of esters is 1. The first-order valence-electron chi connectivity index (χ1n) is 6.00. The smallest absolute Gasteiger partial charge is 0.337 e. The molecule has 0 aliphatic carbocycles. The summed E-state index contributed by atoms with van der Waals surface area (Å²) in [5.74, 6) is -0.581. The van der Waals surface area contributed by atoms with Gasteiger partial charge in [0.15, 0.2) is 5.75 Å². The van der Waals surface area contributed by atoms with E-state index in [1.807, 2.05) is 0 Å². The molecular weight excluding hydrogens is 276 g/mol. The molecule has 0 fully saturated rings. The largest absolute Gasteiger partial charge is 0.482 e. The van der Waals surface area contributed by atoms with E-state index in [0.29, 0.717) is 0 Å². The molecule has 0 unspecified atom stereocenters. The quantitative estimate of drug-likeness (QED) is 0.476. The molecular formula is C14H12N2O5. The lowest BCUT2D eigenvalue weighted by molar-refractivity contribution is -0.385. The zero-order chi connectivity index (χ0) is 15.2. The van der Waals surface area contributed by atoms with Gasteiger partial charge in [0.25, 0.3) is 0 Å². The number of ether oxygens (including phenoxy) is 2. The van der Waals surface area contributed by atoms with Crippen LogP contribution in [0.5, 0.6) is 5.75 Å². The van der Waals surface area contributed by atoms with Crippen LogP contribution in [-0.2, 0) is 11.3 Å². The zero-order valence-corrected chi connectivity index (χ0v) is 11.2. The summed E-state index contributed by atoms with van der Waals surface area (Å²) in [5.41, 5.74) is 0.728. The second kappa shape index (κ2) is 6.47. The molecule has 2 rings (SSSR count). The number of hydrogen-bond donors (Lipinski definition) is 0. The monoisotopic (exact) mass is 288 g/mol. The predicted octanol–water partition coefficient (Wildman–Crippen LogP) is 2.36. The standard InChI is InChI=1S/C14H12N2O5/c1-20-14(17)11-4-5-12(16(18)19)13(7-11)21-9-10-3-2-6-15-8-10/h2-8H,9H2,1H3. The SMILES string of the molecule is COC(=O)c1ccc([N+](=O)[O-])c(OCc2cccnc2)c1. The highest BCUT2D eigenvalue weighted by atomic mass is 16.6. The van der Waals surface area contributed by atoms with Crippen LogP contribution in [0.25, 0.3) is 0 Å². The molecule has 0 atom stereocenters. The van der Waals surface area contributed by atoms with Crippen molar-refractivity contribution in [2.75, 3.05) is 7.11 Å². The maximum Gasteiger partial charge on any atom is 0.337 e. The van der Waals surface area contributed by atoms with Crippen molar-refractivity contribution in [1.82, 2.24) is 4.98 Å². The van der Waals surface area contributed by atoms with E-state index in [4.69, 9.17) is 4.74 Å². The van der Waals surface area contributed by atoms with E-state index in [0.717, 1.165) is 5.56 Å². The molecule has 0 amide bonds. The van der Waals surface area contributed by atoms with Crippen molar-refractivity contribution in [2.24, 2.45) is 0 Å². The summed E-state index contributed by atoms with van der Waals surface area (Å²) in [5, 5.41) is 11.0. The van der Waals surface area contributed by atoms with Crippen LogP contribution in [0.4, 0.5) is 5.69 Å². The van der Waals surface area contributed by atoms with Crippen molar-refractivity contribution in [1.29, 1.82) is 0 Å². The van der Waals surface area contributed by atoms with Crippen molar-refractivity contribution in [3.63, 3.8) is 0 Å². The minimum Gasteiger partial charge on any atom is -0.482 e. The van der Waals surface area contributed by atoms with Gasteiger partial charge in [0, 0.05) is 30.1 Å². The van der Waals surface area contributed by atoms with Gasteiger partial charge >= 0.3 is 11.7 Å². The molecule has 21 heavy (non-hydrogen) atoms. The third kappa shape index (κ3) is 3.53. The molecule has 0 radical (unpaired) electrons. The molecule has 0 aliphatic heterocycles. The highest BCUT2D eigenvalue weighted by Crippen LogP contribution is 2.29. The van der Waals surface area contributed by atoms with Crippen LogP contribution >= 0.6 is 0 Å². The van der Waals surface area contributed by atoms with Crippen LogP contribution in [-0.4, -0.2) is 23.0 Å². The number of methoxy groups -OCH3 is 1. The van der Waals surface area contributed by atoms with Crippen LogP contribution in [0.2, 0.25) is 0 Å². The van der Waals surface area contributed by atoms with E-state index in [9.17, 15) is 14.9 Å². The third-order valence-corrected chi connectivity index (χ3v) is 2.69. The number of nitro groups is 1. The number of rotatable bonds is 5. The van der Waals surface area contributed by atoms with Crippen molar-refractivity contribution in [2.45, 2.75) is 6.61 Å². The normalized spacial score (nSPS) is 9.95. The summed E-state index contributed by atoms with van der Waals surface area (Å²) >= 11 is 0. The van der Waals surface area contributed by atoms with Gasteiger partial charge in [-0.05, 0) is 12.1 Å². The molecule has 1 heterocycles. The maximum atomic E-state index is 11.5. The minimum absolute atomic E-state index is 0.00625. The Bertz CT molecular complexity index is 658. The molecule has 0 spiro atoms. The number of carbonyl (C=O) groups is 1. The predicted molar refractivity (Wildman–Crippen MR) is 73.0 cm³/mol. The number of carbonyl (C=O) groups excluding carboxylic acids is 1. The fourth-order valence-electron chi connectivity index (χ4n) is 1.67. The summed E-state index contributed by atoms with van der Waals surface area (Å²) in [6.07, 6.45) is 3.21. The Kier molecular flexibility index (Phi) is 4.45. The van der Waals surface area contributed by atoms with Crippen LogP contribution in [0.15, 0.2) is 42.7 Å². The molecule has 1 aromatic heterocycles. The molecule has 7 heteroatoms. The van der Waals surface area contributed by atoms with Crippen LogP contribution in [0.1, 0.15) is 15.9 Å². The van der Waals surface area contributed by atoms with Crippen LogP contribution < -0.4 is 4.74 Å². The van der Waals surface area contributed by atoms with Crippen LogP contribution in [0, 0.1) is 10.1 Å². The second-order valence-corrected chi connectivity index (χ2v) is 4.08. The summed E-state index contributed by atoms with van der Waals surface area (Å²) in [7, 11) is 1.24. The van der Waals surface area contributed by atoms with E-state index in [1.165, 1.54) is 25.3 Å². The van der Waals surface area contributed by atoms with Gasteiger partial charge in [-0.1, -0.05) is 6.07 Å². The van der Waals surface area contributed by atoms with E-state index >= 15 is 0 Å². The number of aromatic nitrogens is 1. The van der Waals surface area contributed by atoms with E-state index in [2.05, 4.69) is 9.72 Å². The molecule has 0 saturated carbocycles. The van der Waals surface area contributed by atoms with Gasteiger partial charge in [-0.25, -0.2) is 4.79 Å². The van der Waals surface area contributed by atoms with E-state index in [1.54, 1.807) is 24.5 Å². The first kappa shape index (κ1) is 14.4. The van der Waals surface area contributed by atoms with Crippen molar-refractivity contribution >= 4 is 11.7 Å². The fourth-order valence-corrected chi connectivity index (χ4v) is 1.67. The van der Waals surface area contributed by atoms with Crippen molar-refractivity contribution in [3.05, 3.63) is 64.0 Å². The highest BCUT2D eigenvalue weighted by molar-refractivity contribution is 5.90. The van der Waals surface area contributed by atoms with Gasteiger partial charge in [-0.3, -0.25) is 15.1 Å². The Hall–Kier alpha value is -2.96. The molecule has 108 valence electrons. The topological polar surface area (TPSA) is 91.6 Å². The zero-order valence-electron chi connectivity index (χ0n) is 11.2. The third-order valence-electron chi connectivity index (χ3n) is 2.69. The number of nitro benzene ring substituents is 1. The maximum absolute atomic E-state index is 11.5.